The molecule has 0 amide bonds. The zero-order chi connectivity index (χ0) is 14.5. The van der Waals surface area contributed by atoms with Crippen LogP contribution in [0.3, 0.4) is 0 Å². The van der Waals surface area contributed by atoms with Crippen LogP contribution in [-0.4, -0.2) is 17.4 Å². The van der Waals surface area contributed by atoms with Crippen molar-refractivity contribution < 1.29 is 27.8 Å². The van der Waals surface area contributed by atoms with Crippen molar-refractivity contribution in [3.63, 3.8) is 0 Å². The third kappa shape index (κ3) is 4.71. The van der Waals surface area contributed by atoms with E-state index in [2.05, 4.69) is 4.74 Å². The molecule has 1 aromatic carbocycles. The van der Waals surface area contributed by atoms with Gasteiger partial charge in [-0.3, -0.25) is 0 Å². The van der Waals surface area contributed by atoms with Gasteiger partial charge in [-0.25, -0.2) is 4.79 Å². The van der Waals surface area contributed by atoms with Crippen molar-refractivity contribution in [2.45, 2.75) is 12.8 Å². The summed E-state index contributed by atoms with van der Waals surface area (Å²) in [5, 5.41) is 17.1. The number of benzene rings is 1. The average Bonchev–Trinajstić information content (AvgIpc) is 2.27. The maximum absolute atomic E-state index is 12.1. The van der Waals surface area contributed by atoms with Gasteiger partial charge in [0.1, 0.15) is 11.3 Å². The number of carboxylic acids is 1. The molecule has 0 aromatic heterocycles. The summed E-state index contributed by atoms with van der Waals surface area (Å²) in [4.78, 5) is 10.8. The van der Waals surface area contributed by atoms with E-state index in [1.54, 1.807) is 0 Å². The Morgan fingerprint density at radius 1 is 1.47 bits per heavy atom. The molecule has 0 unspecified atom stereocenters. The lowest BCUT2D eigenvalue weighted by atomic mass is 10.1. The van der Waals surface area contributed by atoms with E-state index in [0.29, 0.717) is 5.56 Å². The molecule has 0 spiro atoms. The maximum Gasteiger partial charge on any atom is 0.573 e. The van der Waals surface area contributed by atoms with Gasteiger partial charge in [0.15, 0.2) is 0 Å². The monoisotopic (exact) mass is 271 g/mol. The van der Waals surface area contributed by atoms with Gasteiger partial charge >= 0.3 is 12.3 Å². The number of nitriles is 1. The van der Waals surface area contributed by atoms with Crippen LogP contribution in [-0.2, 0) is 0 Å². The lowest BCUT2D eigenvalue weighted by Crippen LogP contribution is -2.19. The Morgan fingerprint density at radius 2 is 2.16 bits per heavy atom. The summed E-state index contributed by atoms with van der Waals surface area (Å²) in [6, 6.07) is 5.11. The van der Waals surface area contributed by atoms with Crippen molar-refractivity contribution in [1.29, 1.82) is 5.26 Å². The van der Waals surface area contributed by atoms with Crippen LogP contribution < -0.4 is 4.74 Å². The number of halogens is 3. The molecule has 0 saturated carbocycles. The predicted molar refractivity (Wildman–Crippen MR) is 59.3 cm³/mol. The number of nitrogens with zero attached hydrogens (tertiary/aromatic N) is 1. The zero-order valence-corrected chi connectivity index (χ0v) is 9.44. The molecule has 0 atom stereocenters. The Kier molecular flexibility index (Phi) is 4.53. The summed E-state index contributed by atoms with van der Waals surface area (Å²) >= 11 is 0. The third-order valence-electron chi connectivity index (χ3n) is 1.98. The fraction of sp³-hybridized carbons (Fsp3) is 0.167. The van der Waals surface area contributed by atoms with Crippen molar-refractivity contribution in [3.8, 4) is 11.8 Å². The Labute approximate surface area is 106 Å². The molecule has 0 aliphatic carbocycles. The average molecular weight is 271 g/mol. The molecule has 100 valence electrons. The first kappa shape index (κ1) is 14.6. The van der Waals surface area contributed by atoms with Gasteiger partial charge in [0.05, 0.1) is 12.5 Å². The van der Waals surface area contributed by atoms with E-state index in [4.69, 9.17) is 10.4 Å². The number of hydrogen-bond acceptors (Lipinski definition) is 3. The van der Waals surface area contributed by atoms with Crippen LogP contribution in [0.5, 0.6) is 5.75 Å². The first-order valence-corrected chi connectivity index (χ1v) is 5.00. The van der Waals surface area contributed by atoms with Crippen molar-refractivity contribution in [2.75, 3.05) is 0 Å². The second-order valence-electron chi connectivity index (χ2n) is 3.37. The molecule has 0 aliphatic rings. The highest BCUT2D eigenvalue weighted by atomic mass is 19.4. The summed E-state index contributed by atoms with van der Waals surface area (Å²) in [6.07, 6.45) is -2.04. The Bertz CT molecular complexity index is 544. The van der Waals surface area contributed by atoms with Gasteiger partial charge in [-0.2, -0.15) is 5.26 Å². The topological polar surface area (TPSA) is 70.3 Å². The maximum atomic E-state index is 12.1. The number of hydrogen-bond donors (Lipinski definition) is 1. The van der Waals surface area contributed by atoms with Gasteiger partial charge in [0.25, 0.3) is 0 Å². The van der Waals surface area contributed by atoms with Gasteiger partial charge in [-0.1, -0.05) is 18.2 Å². The van der Waals surface area contributed by atoms with Crippen molar-refractivity contribution >= 4 is 12.0 Å². The van der Waals surface area contributed by atoms with Crippen LogP contribution >= 0.6 is 0 Å². The van der Waals surface area contributed by atoms with Crippen LogP contribution in [0.15, 0.2) is 24.3 Å². The normalized spacial score (nSPS) is 11.3. The Balaban J connectivity index is 3.12. The van der Waals surface area contributed by atoms with Crippen LogP contribution in [0, 0.1) is 11.3 Å². The van der Waals surface area contributed by atoms with Gasteiger partial charge in [-0.05, 0) is 17.7 Å². The molecule has 4 nitrogen and oxygen atoms in total. The molecule has 0 radical (unpaired) electrons. The molecule has 1 rings (SSSR count). The zero-order valence-electron chi connectivity index (χ0n) is 9.44. The fourth-order valence-corrected chi connectivity index (χ4v) is 1.28. The van der Waals surface area contributed by atoms with Crippen LogP contribution in [0.2, 0.25) is 0 Å². The number of allylic oxidation sites excluding steroid dienone is 1. The van der Waals surface area contributed by atoms with E-state index in [0.717, 1.165) is 12.1 Å². The second-order valence-corrected chi connectivity index (χ2v) is 3.37. The molecule has 19 heavy (non-hydrogen) atoms. The quantitative estimate of drug-likeness (QED) is 0.912. The van der Waals surface area contributed by atoms with E-state index in [-0.39, 0.29) is 6.42 Å². The fourth-order valence-electron chi connectivity index (χ4n) is 1.28. The highest BCUT2D eigenvalue weighted by Gasteiger charge is 2.33. The lowest BCUT2D eigenvalue weighted by Gasteiger charge is -2.11. The SMILES string of the molecule is N#CCC=Cc1ccc(C(=O)O)c(OC(F)(F)F)c1. The molecule has 0 aliphatic heterocycles. The summed E-state index contributed by atoms with van der Waals surface area (Å²) in [5.41, 5.74) is -0.283. The summed E-state index contributed by atoms with van der Waals surface area (Å²) < 4.78 is 40.1. The smallest absolute Gasteiger partial charge is 0.478 e. The highest BCUT2D eigenvalue weighted by Crippen LogP contribution is 2.28. The van der Waals surface area contributed by atoms with Crippen LogP contribution in [0.25, 0.3) is 6.08 Å². The molecule has 1 N–H and O–H groups in total. The van der Waals surface area contributed by atoms with E-state index in [9.17, 15) is 18.0 Å². The number of aromatic carboxylic acids is 1. The minimum Gasteiger partial charge on any atom is -0.478 e. The predicted octanol–water partition coefficient (Wildman–Crippen LogP) is 3.21. The number of ether oxygens (including phenoxy) is 1. The summed E-state index contributed by atoms with van der Waals surface area (Å²) in [5.74, 6) is -2.31. The molecule has 0 heterocycles. The first-order valence-electron chi connectivity index (χ1n) is 5.00. The van der Waals surface area contributed by atoms with Crippen molar-refractivity contribution in [2.24, 2.45) is 0 Å². The van der Waals surface area contributed by atoms with Gasteiger partial charge in [0.2, 0.25) is 0 Å². The van der Waals surface area contributed by atoms with E-state index < -0.39 is 23.6 Å². The molecular weight excluding hydrogens is 263 g/mol. The highest BCUT2D eigenvalue weighted by molar-refractivity contribution is 5.91. The van der Waals surface area contributed by atoms with Crippen LogP contribution in [0.1, 0.15) is 22.3 Å². The van der Waals surface area contributed by atoms with Crippen molar-refractivity contribution in [3.05, 3.63) is 35.4 Å². The van der Waals surface area contributed by atoms with E-state index >= 15 is 0 Å². The van der Waals surface area contributed by atoms with E-state index in [1.165, 1.54) is 18.2 Å². The molecule has 0 saturated heterocycles. The van der Waals surface area contributed by atoms with E-state index in [1.807, 2.05) is 6.07 Å². The van der Waals surface area contributed by atoms with Crippen LogP contribution in [0.4, 0.5) is 13.2 Å². The number of rotatable bonds is 4. The summed E-state index contributed by atoms with van der Waals surface area (Å²) in [6.45, 7) is 0. The number of carbonyl (C=O) groups is 1. The summed E-state index contributed by atoms with van der Waals surface area (Å²) in [7, 11) is 0. The molecule has 0 fully saturated rings. The van der Waals surface area contributed by atoms with Gasteiger partial charge in [-0.15, -0.1) is 13.2 Å². The van der Waals surface area contributed by atoms with Crippen molar-refractivity contribution in [1.82, 2.24) is 0 Å². The molecule has 7 heteroatoms. The minimum absolute atomic E-state index is 0.0934. The van der Waals surface area contributed by atoms with Gasteiger partial charge < -0.3 is 9.84 Å². The minimum atomic E-state index is -4.97. The standard InChI is InChI=1S/C12H8F3NO3/c13-12(14,15)19-10-7-8(3-1-2-6-16)4-5-9(10)11(17)18/h1,3-5,7H,2H2,(H,17,18). The number of alkyl halides is 3. The third-order valence-corrected chi connectivity index (χ3v) is 1.98. The molecular formula is C12H8F3NO3. The van der Waals surface area contributed by atoms with Gasteiger partial charge in [0, 0.05) is 0 Å². The Morgan fingerprint density at radius 3 is 2.68 bits per heavy atom. The Hall–Kier alpha value is -2.49. The lowest BCUT2D eigenvalue weighted by molar-refractivity contribution is -0.274. The molecule has 0 bridgehead atoms. The molecule has 1 aromatic rings. The second kappa shape index (κ2) is 5.91. The first-order chi connectivity index (χ1) is 8.83. The number of carboxylic acid groups (broad SMARTS) is 1. The largest absolute Gasteiger partial charge is 0.573 e.